The van der Waals surface area contributed by atoms with Gasteiger partial charge < -0.3 is 14.6 Å². The van der Waals surface area contributed by atoms with Crippen LogP contribution in [0.4, 0.5) is 0 Å². The fourth-order valence-electron chi connectivity index (χ4n) is 3.05. The number of carbonyl (C=O) groups is 1. The Morgan fingerprint density at radius 2 is 1.96 bits per heavy atom. The largest absolute Gasteiger partial charge is 0.367 e. The molecule has 0 aromatic carbocycles. The molecule has 1 amide bonds. The van der Waals surface area contributed by atoms with E-state index < -0.39 is 5.60 Å². The third-order valence-electron chi connectivity index (χ3n) is 4.09. The molecular formula is C17H21N3O3. The van der Waals surface area contributed by atoms with Gasteiger partial charge >= 0.3 is 0 Å². The molecule has 122 valence electrons. The highest BCUT2D eigenvalue weighted by Gasteiger charge is 2.46. The summed E-state index contributed by atoms with van der Waals surface area (Å²) < 4.78 is 11.3. The summed E-state index contributed by atoms with van der Waals surface area (Å²) in [7, 11) is 0. The van der Waals surface area contributed by atoms with Gasteiger partial charge in [-0.25, -0.2) is 0 Å². The minimum atomic E-state index is -0.420. The molecule has 1 fully saturated rings. The van der Waals surface area contributed by atoms with Crippen LogP contribution in [0.15, 0.2) is 35.1 Å². The van der Waals surface area contributed by atoms with Crippen LogP contribution in [-0.4, -0.2) is 33.3 Å². The Balaban J connectivity index is 1.74. The lowest BCUT2D eigenvalue weighted by atomic mass is 9.94. The van der Waals surface area contributed by atoms with Gasteiger partial charge in [0.2, 0.25) is 0 Å². The standard InChI is InChI=1S/C17H21N3O3/c1-16(2)10-14(17(3,4)23-16)19-15(21)12-9-13(22-20-12)11-5-7-18-8-6-11/h5-9,14H,10H2,1-4H3,(H,19,21). The zero-order valence-electron chi connectivity index (χ0n) is 13.8. The first-order chi connectivity index (χ1) is 10.8. The molecule has 0 aliphatic carbocycles. The van der Waals surface area contributed by atoms with E-state index in [9.17, 15) is 4.79 Å². The lowest BCUT2D eigenvalue weighted by Gasteiger charge is -2.27. The predicted octanol–water partition coefficient (Wildman–Crippen LogP) is 2.81. The molecule has 1 aliphatic rings. The second-order valence-electron chi connectivity index (χ2n) is 7.01. The molecule has 2 aromatic heterocycles. The Morgan fingerprint density at radius 3 is 2.57 bits per heavy atom. The Morgan fingerprint density at radius 1 is 1.26 bits per heavy atom. The quantitative estimate of drug-likeness (QED) is 0.942. The number of ether oxygens (including phenoxy) is 1. The average molecular weight is 315 g/mol. The van der Waals surface area contributed by atoms with Gasteiger partial charge in [0.05, 0.1) is 17.2 Å². The molecular weight excluding hydrogens is 294 g/mol. The molecule has 1 aliphatic heterocycles. The molecule has 3 heterocycles. The Kier molecular flexibility index (Phi) is 3.72. The molecule has 6 heteroatoms. The third kappa shape index (κ3) is 3.27. The van der Waals surface area contributed by atoms with Gasteiger partial charge in [0.1, 0.15) is 0 Å². The van der Waals surface area contributed by atoms with Crippen molar-refractivity contribution in [1.29, 1.82) is 0 Å². The molecule has 23 heavy (non-hydrogen) atoms. The third-order valence-corrected chi connectivity index (χ3v) is 4.09. The van der Waals surface area contributed by atoms with E-state index in [2.05, 4.69) is 15.5 Å². The maximum Gasteiger partial charge on any atom is 0.273 e. The van der Waals surface area contributed by atoms with Crippen molar-refractivity contribution in [1.82, 2.24) is 15.5 Å². The van der Waals surface area contributed by atoms with Gasteiger partial charge in [-0.1, -0.05) is 5.16 Å². The van der Waals surface area contributed by atoms with Gasteiger partial charge in [0, 0.05) is 24.0 Å². The summed E-state index contributed by atoms with van der Waals surface area (Å²) in [6.45, 7) is 8.02. The zero-order chi connectivity index (χ0) is 16.7. The van der Waals surface area contributed by atoms with Crippen molar-refractivity contribution in [3.8, 4) is 11.3 Å². The summed E-state index contributed by atoms with van der Waals surface area (Å²) in [6, 6.07) is 5.17. The Bertz CT molecular complexity index is 707. The van der Waals surface area contributed by atoms with Crippen molar-refractivity contribution in [2.24, 2.45) is 0 Å². The molecule has 0 saturated carbocycles. The first-order valence-electron chi connectivity index (χ1n) is 7.65. The SMILES string of the molecule is CC1(C)CC(NC(=O)c2cc(-c3ccncc3)on2)C(C)(C)O1. The maximum absolute atomic E-state index is 12.4. The van der Waals surface area contributed by atoms with Gasteiger partial charge in [0.25, 0.3) is 5.91 Å². The van der Waals surface area contributed by atoms with Crippen LogP contribution in [0.2, 0.25) is 0 Å². The van der Waals surface area contributed by atoms with E-state index in [0.717, 1.165) is 12.0 Å². The number of amides is 1. The highest BCUT2D eigenvalue weighted by molar-refractivity contribution is 5.93. The zero-order valence-corrected chi connectivity index (χ0v) is 13.8. The molecule has 1 N–H and O–H groups in total. The second kappa shape index (κ2) is 5.45. The van der Waals surface area contributed by atoms with Gasteiger partial charge in [-0.05, 0) is 46.2 Å². The summed E-state index contributed by atoms with van der Waals surface area (Å²) in [6.07, 6.45) is 4.08. The summed E-state index contributed by atoms with van der Waals surface area (Å²) >= 11 is 0. The van der Waals surface area contributed by atoms with Gasteiger partial charge in [-0.2, -0.15) is 0 Å². The predicted molar refractivity (Wildman–Crippen MR) is 84.8 cm³/mol. The molecule has 2 aromatic rings. The fraction of sp³-hybridized carbons (Fsp3) is 0.471. The maximum atomic E-state index is 12.4. The van der Waals surface area contributed by atoms with Crippen LogP contribution >= 0.6 is 0 Å². The molecule has 6 nitrogen and oxygen atoms in total. The molecule has 1 saturated heterocycles. The first-order valence-corrected chi connectivity index (χ1v) is 7.65. The number of rotatable bonds is 3. The molecule has 0 spiro atoms. The number of hydrogen-bond donors (Lipinski definition) is 1. The fourth-order valence-corrected chi connectivity index (χ4v) is 3.05. The number of carbonyl (C=O) groups excluding carboxylic acids is 1. The molecule has 1 atom stereocenters. The number of aromatic nitrogens is 2. The lowest BCUT2D eigenvalue weighted by Crippen LogP contribution is -2.46. The normalized spacial score (nSPS) is 22.0. The molecule has 3 rings (SSSR count). The minimum absolute atomic E-state index is 0.0777. The Hall–Kier alpha value is -2.21. The second-order valence-corrected chi connectivity index (χ2v) is 7.01. The van der Waals surface area contributed by atoms with Gasteiger partial charge in [0.15, 0.2) is 11.5 Å². The number of pyridine rings is 1. The van der Waals surface area contributed by atoms with E-state index >= 15 is 0 Å². The summed E-state index contributed by atoms with van der Waals surface area (Å²) in [5.41, 5.74) is 0.416. The number of hydrogen-bond acceptors (Lipinski definition) is 5. The molecule has 1 unspecified atom stereocenters. The van der Waals surface area contributed by atoms with Crippen LogP contribution in [0.5, 0.6) is 0 Å². The van der Waals surface area contributed by atoms with E-state index in [1.54, 1.807) is 30.6 Å². The topological polar surface area (TPSA) is 77.3 Å². The van der Waals surface area contributed by atoms with E-state index in [0.29, 0.717) is 5.76 Å². The van der Waals surface area contributed by atoms with Gasteiger partial charge in [-0.3, -0.25) is 9.78 Å². The molecule has 0 bridgehead atoms. The van der Waals surface area contributed by atoms with Crippen molar-refractivity contribution in [3.05, 3.63) is 36.3 Å². The highest BCUT2D eigenvalue weighted by Crippen LogP contribution is 2.37. The van der Waals surface area contributed by atoms with Crippen molar-refractivity contribution in [3.63, 3.8) is 0 Å². The summed E-state index contributed by atoms with van der Waals surface area (Å²) in [4.78, 5) is 16.4. The minimum Gasteiger partial charge on any atom is -0.367 e. The molecule has 0 radical (unpaired) electrons. The van der Waals surface area contributed by atoms with Crippen molar-refractivity contribution < 1.29 is 14.1 Å². The van der Waals surface area contributed by atoms with Gasteiger partial charge in [-0.15, -0.1) is 0 Å². The average Bonchev–Trinajstić information content (AvgIpc) is 3.02. The van der Waals surface area contributed by atoms with E-state index in [4.69, 9.17) is 9.26 Å². The van der Waals surface area contributed by atoms with E-state index in [1.165, 1.54) is 0 Å². The van der Waals surface area contributed by atoms with Crippen LogP contribution < -0.4 is 5.32 Å². The van der Waals surface area contributed by atoms with Crippen LogP contribution in [0.3, 0.4) is 0 Å². The van der Waals surface area contributed by atoms with Crippen LogP contribution in [0, 0.1) is 0 Å². The van der Waals surface area contributed by atoms with Crippen LogP contribution in [0.25, 0.3) is 11.3 Å². The lowest BCUT2D eigenvalue weighted by molar-refractivity contribution is -0.0693. The van der Waals surface area contributed by atoms with Crippen molar-refractivity contribution in [2.45, 2.75) is 51.4 Å². The number of nitrogens with zero attached hydrogens (tertiary/aromatic N) is 2. The summed E-state index contributed by atoms with van der Waals surface area (Å²) in [5, 5.41) is 6.88. The first kappa shape index (κ1) is 15.7. The van der Waals surface area contributed by atoms with E-state index in [1.807, 2.05) is 27.7 Å². The number of nitrogens with one attached hydrogen (secondary N) is 1. The highest BCUT2D eigenvalue weighted by atomic mass is 16.5. The van der Waals surface area contributed by atoms with Crippen molar-refractivity contribution >= 4 is 5.91 Å². The van der Waals surface area contributed by atoms with E-state index in [-0.39, 0.29) is 23.2 Å². The van der Waals surface area contributed by atoms with Crippen molar-refractivity contribution in [2.75, 3.05) is 0 Å². The smallest absolute Gasteiger partial charge is 0.273 e. The Labute approximate surface area is 135 Å². The van der Waals surface area contributed by atoms with Crippen LogP contribution in [0.1, 0.15) is 44.6 Å². The monoisotopic (exact) mass is 315 g/mol. The summed E-state index contributed by atoms with van der Waals surface area (Å²) in [5.74, 6) is 0.285. The van der Waals surface area contributed by atoms with Crippen LogP contribution in [-0.2, 0) is 4.74 Å².